The Morgan fingerprint density at radius 1 is 1.32 bits per heavy atom. The Balaban J connectivity index is 1.90. The molecule has 2 aromatic rings. The van der Waals surface area contributed by atoms with Crippen molar-refractivity contribution in [1.29, 1.82) is 0 Å². The number of ether oxygens (including phenoxy) is 1. The van der Waals surface area contributed by atoms with Crippen molar-refractivity contribution in [2.45, 2.75) is 33.4 Å². The summed E-state index contributed by atoms with van der Waals surface area (Å²) < 4.78 is 6.97. The van der Waals surface area contributed by atoms with Crippen LogP contribution in [0.15, 0.2) is 24.3 Å². The molecule has 0 saturated heterocycles. The molecule has 1 aromatic carbocycles. The zero-order valence-electron chi connectivity index (χ0n) is 16.4. The highest BCUT2D eigenvalue weighted by Gasteiger charge is 2.31. The van der Waals surface area contributed by atoms with Gasteiger partial charge in [0.15, 0.2) is 0 Å². The van der Waals surface area contributed by atoms with Crippen LogP contribution in [0.1, 0.15) is 36.3 Å². The first-order valence-electron chi connectivity index (χ1n) is 9.14. The van der Waals surface area contributed by atoms with Crippen molar-refractivity contribution < 1.29 is 14.3 Å². The van der Waals surface area contributed by atoms with Crippen molar-refractivity contribution in [3.8, 4) is 11.3 Å². The van der Waals surface area contributed by atoms with Gasteiger partial charge >= 0.3 is 0 Å². The molecule has 28 heavy (non-hydrogen) atoms. The maximum Gasteiger partial charge on any atom is 0.252 e. The van der Waals surface area contributed by atoms with Gasteiger partial charge in [-0.15, -0.1) is 0 Å². The predicted molar refractivity (Wildman–Crippen MR) is 107 cm³/mol. The van der Waals surface area contributed by atoms with Crippen LogP contribution in [0, 0.1) is 5.41 Å². The van der Waals surface area contributed by atoms with Gasteiger partial charge in [-0.25, -0.2) is 0 Å². The molecule has 0 unspecified atom stereocenters. The molecular weight excluding hydrogens is 380 g/mol. The Labute approximate surface area is 169 Å². The molecule has 8 heteroatoms. The molecule has 1 aliphatic rings. The highest BCUT2D eigenvalue weighted by molar-refractivity contribution is 6.30. The fourth-order valence-electron chi connectivity index (χ4n) is 3.59. The van der Waals surface area contributed by atoms with E-state index in [2.05, 4.69) is 5.10 Å². The third-order valence-electron chi connectivity index (χ3n) is 4.84. The number of methoxy groups -OCH3 is 1. The van der Waals surface area contributed by atoms with Crippen LogP contribution in [0.5, 0.6) is 0 Å². The monoisotopic (exact) mass is 404 g/mol. The van der Waals surface area contributed by atoms with Crippen molar-refractivity contribution in [1.82, 2.24) is 14.7 Å². The Kier molecular flexibility index (Phi) is 5.76. The first-order valence-corrected chi connectivity index (χ1v) is 9.52. The highest BCUT2D eigenvalue weighted by Crippen LogP contribution is 2.30. The molecular formula is C20H25ClN4O3. The zero-order chi connectivity index (χ0) is 20.5. The van der Waals surface area contributed by atoms with E-state index < -0.39 is 5.91 Å². The maximum absolute atomic E-state index is 12.8. The van der Waals surface area contributed by atoms with E-state index in [-0.39, 0.29) is 11.3 Å². The van der Waals surface area contributed by atoms with E-state index in [1.54, 1.807) is 34.9 Å². The van der Waals surface area contributed by atoms with Crippen molar-refractivity contribution in [2.24, 2.45) is 11.1 Å². The summed E-state index contributed by atoms with van der Waals surface area (Å²) in [7, 11) is 1.63. The third-order valence-corrected chi connectivity index (χ3v) is 5.08. The second kappa shape index (κ2) is 7.93. The van der Waals surface area contributed by atoms with Crippen LogP contribution in [-0.4, -0.2) is 46.8 Å². The highest BCUT2D eigenvalue weighted by atomic mass is 35.5. The SMILES string of the molecule is COCC(C)(C)CC(=O)N1CCn2nc(-c3cccc(Cl)c3)c(C(N)=O)c2C1. The molecule has 1 aliphatic heterocycles. The topological polar surface area (TPSA) is 90.4 Å². The van der Waals surface area contributed by atoms with Crippen LogP contribution >= 0.6 is 11.6 Å². The summed E-state index contributed by atoms with van der Waals surface area (Å²) in [5.41, 5.74) is 7.64. The Morgan fingerprint density at radius 3 is 2.71 bits per heavy atom. The number of hydrogen-bond donors (Lipinski definition) is 1. The van der Waals surface area contributed by atoms with Gasteiger partial charge in [0, 0.05) is 30.7 Å². The Bertz CT molecular complexity index is 907. The number of benzene rings is 1. The van der Waals surface area contributed by atoms with Gasteiger partial charge in [0.1, 0.15) is 5.69 Å². The largest absolute Gasteiger partial charge is 0.384 e. The Morgan fingerprint density at radius 2 is 2.07 bits per heavy atom. The lowest BCUT2D eigenvalue weighted by molar-refractivity contribution is -0.135. The summed E-state index contributed by atoms with van der Waals surface area (Å²) in [5, 5.41) is 5.13. The van der Waals surface area contributed by atoms with Crippen LogP contribution in [0.25, 0.3) is 11.3 Å². The number of carbonyl (C=O) groups excluding carboxylic acids is 2. The third kappa shape index (κ3) is 4.20. The summed E-state index contributed by atoms with van der Waals surface area (Å²) >= 11 is 6.09. The van der Waals surface area contributed by atoms with Crippen LogP contribution in [-0.2, 0) is 22.6 Å². The van der Waals surface area contributed by atoms with Gasteiger partial charge in [0.05, 0.1) is 31.0 Å². The number of rotatable bonds is 6. The lowest BCUT2D eigenvalue weighted by Gasteiger charge is -2.31. The molecule has 7 nitrogen and oxygen atoms in total. The lowest BCUT2D eigenvalue weighted by Crippen LogP contribution is -2.41. The summed E-state index contributed by atoms with van der Waals surface area (Å²) in [6.07, 6.45) is 0.363. The van der Waals surface area contributed by atoms with Crippen molar-refractivity contribution >= 4 is 23.4 Å². The van der Waals surface area contributed by atoms with Crippen LogP contribution in [0.2, 0.25) is 5.02 Å². The van der Waals surface area contributed by atoms with Gasteiger partial charge in [-0.05, 0) is 17.5 Å². The zero-order valence-corrected chi connectivity index (χ0v) is 17.1. The average molecular weight is 405 g/mol. The van der Waals surface area contributed by atoms with Crippen molar-refractivity contribution in [2.75, 3.05) is 20.3 Å². The molecule has 1 aromatic heterocycles. The van der Waals surface area contributed by atoms with Crippen LogP contribution < -0.4 is 5.73 Å². The van der Waals surface area contributed by atoms with Gasteiger partial charge in [0.2, 0.25) is 5.91 Å². The molecule has 0 saturated carbocycles. The van der Waals surface area contributed by atoms with E-state index in [4.69, 9.17) is 22.1 Å². The molecule has 3 rings (SSSR count). The summed E-state index contributed by atoms with van der Waals surface area (Å²) in [6, 6.07) is 7.14. The molecule has 2 amide bonds. The molecule has 2 N–H and O–H groups in total. The Hall–Kier alpha value is -2.38. The molecule has 0 spiro atoms. The predicted octanol–water partition coefficient (Wildman–Crippen LogP) is 2.71. The van der Waals surface area contributed by atoms with E-state index in [1.807, 2.05) is 19.9 Å². The van der Waals surface area contributed by atoms with Gasteiger partial charge < -0.3 is 15.4 Å². The van der Waals surface area contributed by atoms with E-state index >= 15 is 0 Å². The minimum atomic E-state index is -0.565. The lowest BCUT2D eigenvalue weighted by atomic mass is 9.89. The molecule has 0 atom stereocenters. The first kappa shape index (κ1) is 20.4. The number of nitrogens with zero attached hydrogens (tertiary/aromatic N) is 3. The number of carbonyl (C=O) groups is 2. The van der Waals surface area contributed by atoms with Gasteiger partial charge in [0.25, 0.3) is 5.91 Å². The number of hydrogen-bond acceptors (Lipinski definition) is 4. The second-order valence-electron chi connectivity index (χ2n) is 7.86. The number of primary amides is 1. The van der Waals surface area contributed by atoms with E-state index in [0.717, 1.165) is 5.56 Å². The summed E-state index contributed by atoms with van der Waals surface area (Å²) in [6.45, 7) is 5.82. The number of fused-ring (bicyclic) bond motifs is 1. The average Bonchev–Trinajstić information content (AvgIpc) is 3.00. The molecule has 0 aliphatic carbocycles. The van der Waals surface area contributed by atoms with E-state index in [1.165, 1.54) is 0 Å². The normalized spacial score (nSPS) is 14.1. The fourth-order valence-corrected chi connectivity index (χ4v) is 3.78. The standard InChI is InChI=1S/C20H25ClN4O3/c1-20(2,12-28-3)10-16(26)24-7-8-25-15(11-24)17(19(22)27)18(23-25)13-5-4-6-14(21)9-13/h4-6,9H,7-8,10-12H2,1-3H3,(H2,22,27). The molecule has 0 radical (unpaired) electrons. The van der Waals surface area contributed by atoms with Crippen LogP contribution in [0.3, 0.4) is 0 Å². The minimum Gasteiger partial charge on any atom is -0.384 e. The second-order valence-corrected chi connectivity index (χ2v) is 8.29. The smallest absolute Gasteiger partial charge is 0.252 e. The van der Waals surface area contributed by atoms with Gasteiger partial charge in [-0.2, -0.15) is 5.10 Å². The van der Waals surface area contributed by atoms with E-state index in [0.29, 0.717) is 54.6 Å². The van der Waals surface area contributed by atoms with Crippen molar-refractivity contribution in [3.63, 3.8) is 0 Å². The quantitative estimate of drug-likeness (QED) is 0.801. The molecule has 2 heterocycles. The number of amides is 2. The summed E-state index contributed by atoms with van der Waals surface area (Å²) in [4.78, 5) is 26.8. The number of nitrogens with two attached hydrogens (primary N) is 1. The minimum absolute atomic E-state index is 0.0224. The molecule has 0 fully saturated rings. The molecule has 0 bridgehead atoms. The van der Waals surface area contributed by atoms with Crippen LogP contribution in [0.4, 0.5) is 0 Å². The van der Waals surface area contributed by atoms with Gasteiger partial charge in [-0.3, -0.25) is 14.3 Å². The number of halogens is 1. The van der Waals surface area contributed by atoms with E-state index in [9.17, 15) is 9.59 Å². The summed E-state index contributed by atoms with van der Waals surface area (Å²) in [5.74, 6) is -0.542. The first-order chi connectivity index (χ1) is 13.2. The maximum atomic E-state index is 12.8. The fraction of sp³-hybridized carbons (Fsp3) is 0.450. The number of aromatic nitrogens is 2. The van der Waals surface area contributed by atoms with Gasteiger partial charge in [-0.1, -0.05) is 37.6 Å². The van der Waals surface area contributed by atoms with Crippen molar-refractivity contribution in [3.05, 3.63) is 40.5 Å². The molecule has 150 valence electrons.